The van der Waals surface area contributed by atoms with Crippen LogP contribution >= 0.6 is 11.3 Å². The van der Waals surface area contributed by atoms with E-state index >= 15 is 0 Å². The normalized spacial score (nSPS) is 11.4. The Morgan fingerprint density at radius 1 is 1.33 bits per heavy atom. The number of ether oxygens (including phenoxy) is 1. The summed E-state index contributed by atoms with van der Waals surface area (Å²) in [5.74, 6) is 0.879. The van der Waals surface area contributed by atoms with Crippen molar-refractivity contribution in [1.29, 1.82) is 0 Å². The van der Waals surface area contributed by atoms with Crippen LogP contribution in [-0.4, -0.2) is 26.1 Å². The average molecular weight is 348 g/mol. The van der Waals surface area contributed by atoms with Gasteiger partial charge in [0.2, 0.25) is 0 Å². The summed E-state index contributed by atoms with van der Waals surface area (Å²) in [5.41, 5.74) is 0.297. The van der Waals surface area contributed by atoms with Gasteiger partial charge in [0, 0.05) is 5.92 Å². The van der Waals surface area contributed by atoms with Gasteiger partial charge in [-0.1, -0.05) is 19.0 Å². The Balaban J connectivity index is 1.82. The number of aromatic nitrogens is 4. The lowest BCUT2D eigenvalue weighted by atomic mass is 10.2. The molecule has 3 heterocycles. The van der Waals surface area contributed by atoms with E-state index < -0.39 is 5.97 Å². The zero-order valence-corrected chi connectivity index (χ0v) is 14.5. The first-order chi connectivity index (χ1) is 11.4. The Hall–Kier alpha value is -2.55. The monoisotopic (exact) mass is 348 g/mol. The summed E-state index contributed by atoms with van der Waals surface area (Å²) in [6.07, 6.45) is 0. The molecule has 0 bridgehead atoms. The third-order valence-electron chi connectivity index (χ3n) is 3.43. The molecule has 0 aromatic carbocycles. The van der Waals surface area contributed by atoms with Crippen LogP contribution in [0.2, 0.25) is 0 Å². The SMILES string of the molecule is Cc1nc2sc(C(=O)OCc3nc(C(C)C)no3)c(C)c2c(=O)[nH]1. The van der Waals surface area contributed by atoms with Crippen LogP contribution < -0.4 is 5.56 Å². The number of carbonyl (C=O) groups is 1. The molecule has 0 radical (unpaired) electrons. The number of carbonyl (C=O) groups excluding carboxylic acids is 1. The highest BCUT2D eigenvalue weighted by atomic mass is 32.1. The summed E-state index contributed by atoms with van der Waals surface area (Å²) in [4.78, 5) is 36.2. The molecule has 8 nitrogen and oxygen atoms in total. The highest BCUT2D eigenvalue weighted by Crippen LogP contribution is 2.27. The van der Waals surface area contributed by atoms with Crippen molar-refractivity contribution in [2.45, 2.75) is 40.2 Å². The minimum Gasteiger partial charge on any atom is -0.451 e. The van der Waals surface area contributed by atoms with E-state index in [-0.39, 0.29) is 24.0 Å². The number of hydrogen-bond acceptors (Lipinski definition) is 8. The number of hydrogen-bond donors (Lipinski definition) is 1. The van der Waals surface area contributed by atoms with Crippen LogP contribution in [0.3, 0.4) is 0 Å². The second kappa shape index (κ2) is 6.16. The first kappa shape index (κ1) is 16.3. The summed E-state index contributed by atoms with van der Waals surface area (Å²) < 4.78 is 10.3. The fraction of sp³-hybridized carbons (Fsp3) is 0.400. The van der Waals surface area contributed by atoms with Gasteiger partial charge in [0.25, 0.3) is 11.4 Å². The number of thiophene rings is 1. The van der Waals surface area contributed by atoms with E-state index in [0.29, 0.717) is 32.3 Å². The lowest BCUT2D eigenvalue weighted by Gasteiger charge is -2.00. The van der Waals surface area contributed by atoms with Crippen LogP contribution in [0, 0.1) is 13.8 Å². The zero-order valence-electron chi connectivity index (χ0n) is 13.7. The van der Waals surface area contributed by atoms with Gasteiger partial charge in [-0.25, -0.2) is 9.78 Å². The van der Waals surface area contributed by atoms with Crippen molar-refractivity contribution in [3.05, 3.63) is 38.3 Å². The van der Waals surface area contributed by atoms with E-state index in [1.165, 1.54) is 0 Å². The molecule has 3 aromatic rings. The van der Waals surface area contributed by atoms with Gasteiger partial charge in [-0.15, -0.1) is 11.3 Å². The molecule has 1 N–H and O–H groups in total. The molecule has 0 fully saturated rings. The van der Waals surface area contributed by atoms with E-state index in [4.69, 9.17) is 9.26 Å². The van der Waals surface area contributed by atoms with Crippen LogP contribution in [0.4, 0.5) is 0 Å². The van der Waals surface area contributed by atoms with Crippen LogP contribution in [-0.2, 0) is 11.3 Å². The summed E-state index contributed by atoms with van der Waals surface area (Å²) in [6.45, 7) is 7.15. The first-order valence-electron chi connectivity index (χ1n) is 7.36. The molecular formula is C15H16N4O4S. The van der Waals surface area contributed by atoms with Gasteiger partial charge < -0.3 is 14.2 Å². The number of aromatic amines is 1. The zero-order chi connectivity index (χ0) is 17.4. The van der Waals surface area contributed by atoms with Crippen LogP contribution in [0.15, 0.2) is 9.32 Å². The Morgan fingerprint density at radius 3 is 2.75 bits per heavy atom. The third kappa shape index (κ3) is 2.94. The van der Waals surface area contributed by atoms with E-state index in [1.54, 1.807) is 13.8 Å². The minimum absolute atomic E-state index is 0.116. The van der Waals surface area contributed by atoms with Gasteiger partial charge in [-0.2, -0.15) is 4.98 Å². The lowest BCUT2D eigenvalue weighted by Crippen LogP contribution is -2.10. The van der Waals surface area contributed by atoms with Gasteiger partial charge in [0.05, 0.1) is 5.39 Å². The molecule has 126 valence electrons. The van der Waals surface area contributed by atoms with Crippen molar-refractivity contribution in [3.63, 3.8) is 0 Å². The van der Waals surface area contributed by atoms with E-state index in [1.807, 2.05) is 13.8 Å². The molecule has 0 aliphatic heterocycles. The van der Waals surface area contributed by atoms with Crippen LogP contribution in [0.5, 0.6) is 0 Å². The number of nitrogens with one attached hydrogen (secondary N) is 1. The summed E-state index contributed by atoms with van der Waals surface area (Å²) in [6, 6.07) is 0. The van der Waals surface area contributed by atoms with Crippen molar-refractivity contribution < 1.29 is 14.1 Å². The van der Waals surface area contributed by atoms with Gasteiger partial charge in [0.15, 0.2) is 12.4 Å². The minimum atomic E-state index is -0.545. The Bertz CT molecular complexity index is 970. The fourth-order valence-electron chi connectivity index (χ4n) is 2.20. The average Bonchev–Trinajstić information content (AvgIpc) is 3.10. The predicted molar refractivity (Wildman–Crippen MR) is 87.2 cm³/mol. The second-order valence-electron chi connectivity index (χ2n) is 5.66. The number of H-pyrrole nitrogens is 1. The summed E-state index contributed by atoms with van der Waals surface area (Å²) >= 11 is 1.13. The van der Waals surface area contributed by atoms with Crippen molar-refractivity contribution in [1.82, 2.24) is 20.1 Å². The summed E-state index contributed by atoms with van der Waals surface area (Å²) in [7, 11) is 0. The molecule has 9 heteroatoms. The lowest BCUT2D eigenvalue weighted by molar-refractivity contribution is 0.0435. The Labute approximate surface area is 140 Å². The molecule has 24 heavy (non-hydrogen) atoms. The van der Waals surface area contributed by atoms with Gasteiger partial charge >= 0.3 is 5.97 Å². The maximum Gasteiger partial charge on any atom is 0.349 e. The molecule has 0 saturated heterocycles. The highest BCUT2D eigenvalue weighted by Gasteiger charge is 2.21. The van der Waals surface area contributed by atoms with Gasteiger partial charge in [0.1, 0.15) is 15.5 Å². The molecule has 0 aliphatic carbocycles. The molecule has 0 spiro atoms. The molecule has 0 saturated carbocycles. The molecule has 0 atom stereocenters. The first-order valence-corrected chi connectivity index (χ1v) is 8.18. The third-order valence-corrected chi connectivity index (χ3v) is 4.60. The van der Waals surface area contributed by atoms with E-state index in [9.17, 15) is 9.59 Å². The second-order valence-corrected chi connectivity index (χ2v) is 6.66. The largest absolute Gasteiger partial charge is 0.451 e. The van der Waals surface area contributed by atoms with Gasteiger partial charge in [-0.3, -0.25) is 4.79 Å². The fourth-order valence-corrected chi connectivity index (χ4v) is 3.32. The van der Waals surface area contributed by atoms with Crippen LogP contribution in [0.1, 0.15) is 52.5 Å². The van der Waals surface area contributed by atoms with Crippen molar-refractivity contribution in [2.75, 3.05) is 0 Å². The molecule has 0 aliphatic rings. The molecule has 3 rings (SSSR count). The number of nitrogens with zero attached hydrogens (tertiary/aromatic N) is 3. The number of aryl methyl sites for hydroxylation is 2. The topological polar surface area (TPSA) is 111 Å². The smallest absolute Gasteiger partial charge is 0.349 e. The summed E-state index contributed by atoms with van der Waals surface area (Å²) in [5, 5.41) is 4.22. The standard InChI is InChI=1S/C15H16N4O4S/c1-6(2)12-18-9(23-19-12)5-22-15(21)11-7(3)10-13(20)16-8(4)17-14(10)24-11/h6H,5H2,1-4H3,(H,16,17,20). The van der Waals surface area contributed by atoms with E-state index in [0.717, 1.165) is 11.3 Å². The molecule has 0 amide bonds. The Kier molecular flexibility index (Phi) is 4.18. The van der Waals surface area contributed by atoms with Crippen molar-refractivity contribution >= 4 is 27.5 Å². The number of rotatable bonds is 4. The number of fused-ring (bicyclic) bond motifs is 1. The van der Waals surface area contributed by atoms with Crippen molar-refractivity contribution in [3.8, 4) is 0 Å². The maximum absolute atomic E-state index is 12.3. The quantitative estimate of drug-likeness (QED) is 0.721. The van der Waals surface area contributed by atoms with Gasteiger partial charge in [-0.05, 0) is 19.4 Å². The predicted octanol–water partition coefficient (Wildman–Crippen LogP) is 2.46. The molecular weight excluding hydrogens is 332 g/mol. The Morgan fingerprint density at radius 2 is 2.08 bits per heavy atom. The highest BCUT2D eigenvalue weighted by molar-refractivity contribution is 7.20. The molecule has 0 unspecified atom stereocenters. The number of esters is 1. The van der Waals surface area contributed by atoms with Crippen LogP contribution in [0.25, 0.3) is 10.2 Å². The van der Waals surface area contributed by atoms with Crippen molar-refractivity contribution in [2.24, 2.45) is 0 Å². The molecule has 3 aromatic heterocycles. The maximum atomic E-state index is 12.3. The van der Waals surface area contributed by atoms with E-state index in [2.05, 4.69) is 20.1 Å².